The number of aromatic nitrogens is 3. The molecule has 24 heavy (non-hydrogen) atoms. The normalized spacial score (nSPS) is 10.8. The molecule has 0 amide bonds. The fraction of sp³-hybridized carbons (Fsp3) is 0.176. The monoisotopic (exact) mass is 330 g/mol. The van der Waals surface area contributed by atoms with Crippen molar-refractivity contribution < 1.29 is 13.5 Å². The van der Waals surface area contributed by atoms with E-state index < -0.39 is 6.61 Å². The molecule has 0 aliphatic heterocycles. The Bertz CT molecular complexity index is 788. The molecule has 2 aromatic heterocycles. The van der Waals surface area contributed by atoms with E-state index in [0.29, 0.717) is 6.54 Å². The highest BCUT2D eigenvalue weighted by Crippen LogP contribution is 2.21. The highest BCUT2D eigenvalue weighted by atomic mass is 19.3. The number of hydrogen-bond acceptors (Lipinski definition) is 4. The molecule has 124 valence electrons. The maximum absolute atomic E-state index is 12.1. The van der Waals surface area contributed by atoms with Crippen molar-refractivity contribution in [1.29, 1.82) is 0 Å². The molecule has 0 spiro atoms. The quantitative estimate of drug-likeness (QED) is 0.749. The molecule has 0 aliphatic carbocycles. The fourth-order valence-corrected chi connectivity index (χ4v) is 2.28. The van der Waals surface area contributed by atoms with Crippen LogP contribution in [-0.2, 0) is 13.6 Å². The van der Waals surface area contributed by atoms with Crippen molar-refractivity contribution in [2.24, 2.45) is 7.05 Å². The minimum Gasteiger partial charge on any atom is -0.435 e. The largest absolute Gasteiger partial charge is 0.435 e. The maximum atomic E-state index is 12.1. The summed E-state index contributed by atoms with van der Waals surface area (Å²) in [6.45, 7) is -2.26. The Kier molecular flexibility index (Phi) is 4.69. The van der Waals surface area contributed by atoms with Crippen LogP contribution in [0, 0.1) is 0 Å². The van der Waals surface area contributed by atoms with Crippen LogP contribution < -0.4 is 10.1 Å². The Hall–Kier alpha value is -2.96. The Labute approximate surface area is 137 Å². The van der Waals surface area contributed by atoms with E-state index in [9.17, 15) is 8.78 Å². The number of benzene rings is 1. The number of pyridine rings is 1. The van der Waals surface area contributed by atoms with Crippen molar-refractivity contribution in [2.75, 3.05) is 5.32 Å². The zero-order valence-corrected chi connectivity index (χ0v) is 13.0. The van der Waals surface area contributed by atoms with Gasteiger partial charge in [0.05, 0.1) is 5.69 Å². The van der Waals surface area contributed by atoms with Gasteiger partial charge in [-0.3, -0.25) is 9.67 Å². The summed E-state index contributed by atoms with van der Waals surface area (Å²) in [5.41, 5.74) is 2.79. The molecular formula is C17H16F2N4O. The molecule has 0 unspecified atom stereocenters. The highest BCUT2D eigenvalue weighted by molar-refractivity contribution is 5.62. The molecule has 0 bridgehead atoms. The van der Waals surface area contributed by atoms with Gasteiger partial charge in [-0.1, -0.05) is 12.1 Å². The van der Waals surface area contributed by atoms with Crippen molar-refractivity contribution in [3.05, 3.63) is 60.4 Å². The lowest BCUT2D eigenvalue weighted by molar-refractivity contribution is -0.0498. The summed E-state index contributed by atoms with van der Waals surface area (Å²) in [5.74, 6) is 1.00. The zero-order valence-electron chi connectivity index (χ0n) is 13.0. The van der Waals surface area contributed by atoms with E-state index in [0.717, 1.165) is 22.6 Å². The fourth-order valence-electron chi connectivity index (χ4n) is 2.28. The number of nitrogens with zero attached hydrogens (tertiary/aromatic N) is 3. The van der Waals surface area contributed by atoms with E-state index in [1.165, 1.54) is 12.1 Å². The number of nitrogens with one attached hydrogen (secondary N) is 1. The van der Waals surface area contributed by atoms with Crippen LogP contribution in [0.1, 0.15) is 5.56 Å². The van der Waals surface area contributed by atoms with Crippen LogP contribution in [0.4, 0.5) is 14.6 Å². The highest BCUT2D eigenvalue weighted by Gasteiger charge is 2.07. The van der Waals surface area contributed by atoms with Gasteiger partial charge in [-0.25, -0.2) is 0 Å². The van der Waals surface area contributed by atoms with Gasteiger partial charge in [-0.15, -0.1) is 0 Å². The molecule has 0 atom stereocenters. The van der Waals surface area contributed by atoms with Gasteiger partial charge in [0.2, 0.25) is 0 Å². The Morgan fingerprint density at radius 2 is 1.83 bits per heavy atom. The second-order valence-electron chi connectivity index (χ2n) is 5.15. The molecule has 1 aromatic carbocycles. The van der Waals surface area contributed by atoms with Gasteiger partial charge in [0, 0.05) is 37.6 Å². The van der Waals surface area contributed by atoms with Gasteiger partial charge in [-0.05, 0) is 29.8 Å². The molecule has 1 N–H and O–H groups in total. The van der Waals surface area contributed by atoms with E-state index >= 15 is 0 Å². The van der Waals surface area contributed by atoms with Crippen LogP contribution in [0.25, 0.3) is 11.3 Å². The second-order valence-corrected chi connectivity index (χ2v) is 5.15. The summed E-state index contributed by atoms with van der Waals surface area (Å²) in [5, 5.41) is 7.74. The van der Waals surface area contributed by atoms with Gasteiger partial charge >= 0.3 is 6.61 Å². The van der Waals surface area contributed by atoms with Crippen molar-refractivity contribution in [1.82, 2.24) is 14.8 Å². The van der Waals surface area contributed by atoms with Crippen LogP contribution in [0.2, 0.25) is 0 Å². The number of ether oxygens (including phenoxy) is 1. The molecular weight excluding hydrogens is 314 g/mol. The minimum absolute atomic E-state index is 0.147. The van der Waals surface area contributed by atoms with Crippen LogP contribution in [0.5, 0.6) is 5.75 Å². The molecule has 7 heteroatoms. The summed E-state index contributed by atoms with van der Waals surface area (Å²) in [6, 6.07) is 12.3. The molecule has 0 fully saturated rings. The number of halogens is 2. The number of hydrogen-bond donors (Lipinski definition) is 1. The Balaban J connectivity index is 1.65. The SMILES string of the molecule is Cn1nc(-c2ccncc2)cc1NCc1ccc(OC(F)F)cc1. The molecule has 0 aliphatic rings. The maximum Gasteiger partial charge on any atom is 0.387 e. The van der Waals surface area contributed by atoms with Crippen molar-refractivity contribution in [3.8, 4) is 17.0 Å². The first-order valence-electron chi connectivity index (χ1n) is 7.34. The molecule has 5 nitrogen and oxygen atoms in total. The average molecular weight is 330 g/mol. The van der Waals surface area contributed by atoms with Crippen LogP contribution in [-0.4, -0.2) is 21.4 Å². The third kappa shape index (κ3) is 3.87. The van der Waals surface area contributed by atoms with Gasteiger partial charge in [0.15, 0.2) is 0 Å². The summed E-state index contributed by atoms with van der Waals surface area (Å²) < 4.78 is 30.3. The number of rotatable bonds is 6. The second kappa shape index (κ2) is 7.08. The predicted octanol–water partition coefficient (Wildman–Crippen LogP) is 3.70. The lowest BCUT2D eigenvalue weighted by Gasteiger charge is -2.08. The number of anilines is 1. The van der Waals surface area contributed by atoms with E-state index in [4.69, 9.17) is 0 Å². The number of aryl methyl sites for hydroxylation is 1. The molecule has 0 radical (unpaired) electrons. The van der Waals surface area contributed by atoms with Crippen molar-refractivity contribution in [3.63, 3.8) is 0 Å². The van der Waals surface area contributed by atoms with Crippen molar-refractivity contribution in [2.45, 2.75) is 13.2 Å². The van der Waals surface area contributed by atoms with Gasteiger partial charge in [-0.2, -0.15) is 13.9 Å². The van der Waals surface area contributed by atoms with Crippen LogP contribution >= 0.6 is 0 Å². The van der Waals surface area contributed by atoms with Gasteiger partial charge in [0.25, 0.3) is 0 Å². The third-order valence-corrected chi connectivity index (χ3v) is 3.48. The zero-order chi connectivity index (χ0) is 16.9. The number of alkyl halides is 2. The summed E-state index contributed by atoms with van der Waals surface area (Å²) in [6.07, 6.45) is 3.44. The summed E-state index contributed by atoms with van der Waals surface area (Å²) in [7, 11) is 1.85. The molecule has 0 saturated carbocycles. The third-order valence-electron chi connectivity index (χ3n) is 3.48. The Morgan fingerprint density at radius 1 is 1.12 bits per heavy atom. The first kappa shape index (κ1) is 15.9. The smallest absolute Gasteiger partial charge is 0.387 e. The predicted molar refractivity (Wildman–Crippen MR) is 86.8 cm³/mol. The lowest BCUT2D eigenvalue weighted by atomic mass is 10.2. The van der Waals surface area contributed by atoms with Crippen LogP contribution in [0.15, 0.2) is 54.9 Å². The average Bonchev–Trinajstić information content (AvgIpc) is 2.95. The molecule has 2 heterocycles. The van der Waals surface area contributed by atoms with E-state index in [1.54, 1.807) is 29.2 Å². The summed E-state index contributed by atoms with van der Waals surface area (Å²) >= 11 is 0. The molecule has 3 aromatic rings. The van der Waals surface area contributed by atoms with Gasteiger partial charge in [0.1, 0.15) is 11.6 Å². The van der Waals surface area contributed by atoms with E-state index in [-0.39, 0.29) is 5.75 Å². The van der Waals surface area contributed by atoms with Gasteiger partial charge < -0.3 is 10.1 Å². The molecule has 0 saturated heterocycles. The Morgan fingerprint density at radius 3 is 2.50 bits per heavy atom. The van der Waals surface area contributed by atoms with Crippen LogP contribution in [0.3, 0.4) is 0 Å². The van der Waals surface area contributed by atoms with E-state index in [2.05, 4.69) is 20.1 Å². The van der Waals surface area contributed by atoms with Crippen molar-refractivity contribution >= 4 is 5.82 Å². The van der Waals surface area contributed by atoms with E-state index in [1.807, 2.05) is 25.2 Å². The first-order chi connectivity index (χ1) is 11.6. The first-order valence-corrected chi connectivity index (χ1v) is 7.34. The topological polar surface area (TPSA) is 52.0 Å². The minimum atomic E-state index is -2.81. The standard InChI is InChI=1S/C17H16F2N4O/c1-23-16(10-15(22-23)13-6-8-20-9-7-13)21-11-12-2-4-14(5-3-12)24-17(18)19/h2-10,17,21H,11H2,1H3. The lowest BCUT2D eigenvalue weighted by Crippen LogP contribution is -2.05. The summed E-state index contributed by atoms with van der Waals surface area (Å²) in [4.78, 5) is 3.99. The molecule has 3 rings (SSSR count).